The topological polar surface area (TPSA) is 72.6 Å². The van der Waals surface area contributed by atoms with Crippen LogP contribution in [0.15, 0.2) is 24.3 Å². The van der Waals surface area contributed by atoms with Crippen molar-refractivity contribution >= 4 is 11.8 Å². The second-order valence-electron chi connectivity index (χ2n) is 8.08. The van der Waals surface area contributed by atoms with E-state index in [1.165, 1.54) is 18.4 Å². The van der Waals surface area contributed by atoms with Gasteiger partial charge in [0.15, 0.2) is 0 Å². The summed E-state index contributed by atoms with van der Waals surface area (Å²) < 4.78 is 5.73. The average Bonchev–Trinajstić information content (AvgIpc) is 3.41. The summed E-state index contributed by atoms with van der Waals surface area (Å²) in [7, 11) is 0. The summed E-state index contributed by atoms with van der Waals surface area (Å²) in [6.07, 6.45) is 6.03. The number of hydrogen-bond donors (Lipinski definition) is 1. The molecule has 3 aliphatic rings. The average molecular weight is 356 g/mol. The van der Waals surface area contributed by atoms with Crippen molar-refractivity contribution in [3.63, 3.8) is 0 Å². The first-order valence-corrected chi connectivity index (χ1v) is 9.92. The van der Waals surface area contributed by atoms with Gasteiger partial charge in [0.05, 0.1) is 12.0 Å². The van der Waals surface area contributed by atoms with Gasteiger partial charge in [-0.2, -0.15) is 0 Å². The third kappa shape index (κ3) is 3.78. The van der Waals surface area contributed by atoms with Crippen LogP contribution in [-0.2, 0) is 9.53 Å². The van der Waals surface area contributed by atoms with Gasteiger partial charge in [0.1, 0.15) is 0 Å². The zero-order chi connectivity index (χ0) is 18.1. The van der Waals surface area contributed by atoms with Crippen LogP contribution < -0.4 is 5.73 Å². The fraction of sp³-hybridized carbons (Fsp3) is 0.619. The van der Waals surface area contributed by atoms with Crippen LogP contribution in [0.4, 0.5) is 0 Å². The van der Waals surface area contributed by atoms with Crippen LogP contribution in [-0.4, -0.2) is 42.5 Å². The first kappa shape index (κ1) is 17.5. The number of primary amides is 1. The first-order chi connectivity index (χ1) is 12.6. The van der Waals surface area contributed by atoms with Crippen molar-refractivity contribution in [3.05, 3.63) is 35.4 Å². The molecule has 26 heavy (non-hydrogen) atoms. The SMILES string of the molecule is NC(=O)[C@@H]1CCO[C@@H]1CC1CCN(C(=O)c2cccc(C3CC3)c2)CC1. The first-order valence-electron chi connectivity index (χ1n) is 9.92. The van der Waals surface area contributed by atoms with E-state index >= 15 is 0 Å². The summed E-state index contributed by atoms with van der Waals surface area (Å²) >= 11 is 0. The van der Waals surface area contributed by atoms with Gasteiger partial charge in [0.2, 0.25) is 5.91 Å². The van der Waals surface area contributed by atoms with Gasteiger partial charge in [-0.1, -0.05) is 12.1 Å². The highest BCUT2D eigenvalue weighted by molar-refractivity contribution is 5.94. The van der Waals surface area contributed by atoms with Crippen molar-refractivity contribution in [2.75, 3.05) is 19.7 Å². The van der Waals surface area contributed by atoms with Crippen molar-refractivity contribution in [2.45, 2.75) is 50.5 Å². The number of benzene rings is 1. The maximum Gasteiger partial charge on any atom is 0.253 e. The molecule has 1 aromatic rings. The van der Waals surface area contributed by atoms with E-state index in [2.05, 4.69) is 12.1 Å². The standard InChI is InChI=1S/C21H28N2O3/c22-20(24)18-8-11-26-19(18)12-14-6-9-23(10-7-14)21(25)17-3-1-2-16(13-17)15-4-5-15/h1-3,13-15,18-19H,4-12H2,(H2,22,24)/t18-,19-/m1/s1. The van der Waals surface area contributed by atoms with E-state index in [0.29, 0.717) is 18.4 Å². The number of piperidine rings is 1. The second kappa shape index (κ2) is 7.39. The van der Waals surface area contributed by atoms with Gasteiger partial charge in [-0.3, -0.25) is 9.59 Å². The predicted octanol–water partition coefficient (Wildman–Crippen LogP) is 2.70. The number of likely N-dealkylation sites (tertiary alicyclic amines) is 1. The van der Waals surface area contributed by atoms with Gasteiger partial charge in [-0.25, -0.2) is 0 Å². The highest BCUT2D eigenvalue weighted by Crippen LogP contribution is 2.40. The maximum atomic E-state index is 12.8. The van der Waals surface area contributed by atoms with Gasteiger partial charge < -0.3 is 15.4 Å². The highest BCUT2D eigenvalue weighted by atomic mass is 16.5. The molecule has 4 rings (SSSR count). The molecule has 0 radical (unpaired) electrons. The van der Waals surface area contributed by atoms with E-state index in [1.54, 1.807) is 0 Å². The van der Waals surface area contributed by atoms with Crippen molar-refractivity contribution < 1.29 is 14.3 Å². The van der Waals surface area contributed by atoms with Gasteiger partial charge in [-0.15, -0.1) is 0 Å². The maximum absolute atomic E-state index is 12.8. The molecule has 0 aromatic heterocycles. The lowest BCUT2D eigenvalue weighted by Gasteiger charge is -2.33. The Morgan fingerprint density at radius 2 is 1.88 bits per heavy atom. The summed E-state index contributed by atoms with van der Waals surface area (Å²) in [5.41, 5.74) is 7.61. The van der Waals surface area contributed by atoms with E-state index in [9.17, 15) is 9.59 Å². The van der Waals surface area contributed by atoms with E-state index in [0.717, 1.165) is 44.3 Å². The van der Waals surface area contributed by atoms with Crippen molar-refractivity contribution in [3.8, 4) is 0 Å². The molecule has 0 unspecified atom stereocenters. The Hall–Kier alpha value is -1.88. The van der Waals surface area contributed by atoms with E-state index in [1.807, 2.05) is 17.0 Å². The summed E-state index contributed by atoms with van der Waals surface area (Å²) in [6.45, 7) is 2.20. The van der Waals surface area contributed by atoms with E-state index in [-0.39, 0.29) is 23.8 Å². The Kier molecular flexibility index (Phi) is 4.98. The number of amides is 2. The third-order valence-corrected chi connectivity index (χ3v) is 6.22. The van der Waals surface area contributed by atoms with Crippen molar-refractivity contribution in [1.82, 2.24) is 4.90 Å². The molecule has 2 heterocycles. The van der Waals surface area contributed by atoms with Crippen LogP contribution >= 0.6 is 0 Å². The number of ether oxygens (including phenoxy) is 1. The minimum absolute atomic E-state index is 0.0324. The van der Waals surface area contributed by atoms with Crippen LogP contribution in [0, 0.1) is 11.8 Å². The molecule has 2 amide bonds. The third-order valence-electron chi connectivity index (χ3n) is 6.22. The number of nitrogens with zero attached hydrogens (tertiary/aromatic N) is 1. The predicted molar refractivity (Wildman–Crippen MR) is 98.7 cm³/mol. The molecule has 140 valence electrons. The second-order valence-corrected chi connectivity index (χ2v) is 8.08. The highest BCUT2D eigenvalue weighted by Gasteiger charge is 2.35. The number of carbonyl (C=O) groups excluding carboxylic acids is 2. The Balaban J connectivity index is 1.31. The Morgan fingerprint density at radius 3 is 2.58 bits per heavy atom. The lowest BCUT2D eigenvalue weighted by Crippen LogP contribution is -2.40. The largest absolute Gasteiger partial charge is 0.377 e. The van der Waals surface area contributed by atoms with E-state index < -0.39 is 0 Å². The minimum atomic E-state index is -0.240. The molecule has 2 saturated heterocycles. The van der Waals surface area contributed by atoms with E-state index in [4.69, 9.17) is 10.5 Å². The van der Waals surface area contributed by atoms with Gasteiger partial charge in [-0.05, 0) is 68.1 Å². The molecule has 2 atom stereocenters. The lowest BCUT2D eigenvalue weighted by molar-refractivity contribution is -0.123. The molecule has 0 spiro atoms. The van der Waals surface area contributed by atoms with Crippen LogP contribution in [0.25, 0.3) is 0 Å². The summed E-state index contributed by atoms with van der Waals surface area (Å²) in [6, 6.07) is 8.16. The fourth-order valence-corrected chi connectivity index (χ4v) is 4.43. The Morgan fingerprint density at radius 1 is 1.12 bits per heavy atom. The molecule has 1 aliphatic carbocycles. The van der Waals surface area contributed by atoms with Crippen LogP contribution in [0.5, 0.6) is 0 Å². The molecule has 3 fully saturated rings. The Bertz CT molecular complexity index is 678. The zero-order valence-corrected chi connectivity index (χ0v) is 15.2. The molecule has 5 nitrogen and oxygen atoms in total. The van der Waals surface area contributed by atoms with Crippen molar-refractivity contribution in [2.24, 2.45) is 17.6 Å². The number of carbonyl (C=O) groups is 2. The number of nitrogens with two attached hydrogens (primary N) is 1. The lowest BCUT2D eigenvalue weighted by atomic mass is 9.86. The number of hydrogen-bond acceptors (Lipinski definition) is 3. The fourth-order valence-electron chi connectivity index (χ4n) is 4.43. The summed E-state index contributed by atoms with van der Waals surface area (Å²) in [4.78, 5) is 26.3. The Labute approximate surface area is 154 Å². The van der Waals surface area contributed by atoms with Gasteiger partial charge in [0.25, 0.3) is 5.91 Å². The molecule has 2 aliphatic heterocycles. The quantitative estimate of drug-likeness (QED) is 0.882. The summed E-state index contributed by atoms with van der Waals surface area (Å²) in [5.74, 6) is 0.938. The monoisotopic (exact) mass is 356 g/mol. The van der Waals surface area contributed by atoms with Crippen LogP contribution in [0.1, 0.15) is 60.4 Å². The molecular weight excluding hydrogens is 328 g/mol. The van der Waals surface area contributed by atoms with Gasteiger partial charge >= 0.3 is 0 Å². The molecule has 1 aromatic carbocycles. The van der Waals surface area contributed by atoms with Gasteiger partial charge in [0, 0.05) is 25.3 Å². The zero-order valence-electron chi connectivity index (χ0n) is 15.2. The minimum Gasteiger partial charge on any atom is -0.377 e. The van der Waals surface area contributed by atoms with Crippen LogP contribution in [0.2, 0.25) is 0 Å². The molecule has 5 heteroatoms. The molecular formula is C21H28N2O3. The molecule has 2 N–H and O–H groups in total. The summed E-state index contributed by atoms with van der Waals surface area (Å²) in [5, 5.41) is 0. The van der Waals surface area contributed by atoms with Crippen LogP contribution in [0.3, 0.4) is 0 Å². The molecule has 0 bridgehead atoms. The van der Waals surface area contributed by atoms with Crippen molar-refractivity contribution in [1.29, 1.82) is 0 Å². The normalized spacial score (nSPS) is 26.8. The smallest absolute Gasteiger partial charge is 0.253 e. The number of rotatable bonds is 5. The molecule has 1 saturated carbocycles.